The van der Waals surface area contributed by atoms with Gasteiger partial charge in [0.25, 0.3) is 0 Å². The lowest BCUT2D eigenvalue weighted by atomic mass is 10.1. The molecule has 0 spiro atoms. The highest BCUT2D eigenvalue weighted by molar-refractivity contribution is 5.87. The number of fused-ring (bicyclic) bond motifs is 1. The van der Waals surface area contributed by atoms with E-state index in [4.69, 9.17) is 9.84 Å². The summed E-state index contributed by atoms with van der Waals surface area (Å²) in [5.41, 5.74) is 3.61. The molecule has 4 nitrogen and oxygen atoms in total. The van der Waals surface area contributed by atoms with E-state index in [2.05, 4.69) is 16.7 Å². The molecule has 0 unspecified atom stereocenters. The van der Waals surface area contributed by atoms with Crippen LogP contribution in [0.1, 0.15) is 21.5 Å². The number of carboxylic acid groups (broad SMARTS) is 1. The van der Waals surface area contributed by atoms with Crippen molar-refractivity contribution in [3.63, 3.8) is 0 Å². The van der Waals surface area contributed by atoms with Crippen LogP contribution in [0.3, 0.4) is 0 Å². The van der Waals surface area contributed by atoms with E-state index in [1.54, 1.807) is 12.1 Å². The van der Waals surface area contributed by atoms with Gasteiger partial charge in [0.1, 0.15) is 12.4 Å². The molecule has 0 saturated carbocycles. The van der Waals surface area contributed by atoms with Gasteiger partial charge in [0.15, 0.2) is 0 Å². The molecule has 4 rings (SSSR count). The first-order valence-corrected chi connectivity index (χ1v) is 8.77. The lowest BCUT2D eigenvalue weighted by Gasteiger charge is -2.09. The predicted molar refractivity (Wildman–Crippen MR) is 105 cm³/mol. The number of carbonyl (C=O) groups is 1. The molecule has 0 bridgehead atoms. The van der Waals surface area contributed by atoms with Gasteiger partial charge in [-0.15, -0.1) is 0 Å². The first-order chi connectivity index (χ1) is 13.2. The molecule has 1 N–H and O–H groups in total. The summed E-state index contributed by atoms with van der Waals surface area (Å²) in [6, 6.07) is 25.2. The van der Waals surface area contributed by atoms with Crippen molar-refractivity contribution in [2.24, 2.45) is 0 Å². The van der Waals surface area contributed by atoms with Gasteiger partial charge in [-0.25, -0.2) is 4.79 Å². The third-order valence-corrected chi connectivity index (χ3v) is 4.54. The average molecular weight is 357 g/mol. The number of benzene rings is 3. The number of carboxylic acids is 1. The molecule has 0 aliphatic carbocycles. The summed E-state index contributed by atoms with van der Waals surface area (Å²) in [7, 11) is 0. The second kappa shape index (κ2) is 7.38. The lowest BCUT2D eigenvalue weighted by molar-refractivity contribution is 0.0697. The Kier molecular flexibility index (Phi) is 4.62. The number of aromatic nitrogens is 1. The van der Waals surface area contributed by atoms with Crippen LogP contribution in [0.4, 0.5) is 0 Å². The second-order valence-corrected chi connectivity index (χ2v) is 6.44. The van der Waals surface area contributed by atoms with Crippen molar-refractivity contribution in [1.29, 1.82) is 0 Å². The summed E-state index contributed by atoms with van der Waals surface area (Å²) < 4.78 is 8.04. The maximum Gasteiger partial charge on any atom is 0.335 e. The van der Waals surface area contributed by atoms with Crippen molar-refractivity contribution in [2.45, 2.75) is 13.2 Å². The SMILES string of the molecule is O=C(O)c1ccc(Cn2ccc3cc(OCc4ccccc4)ccc32)cc1. The van der Waals surface area contributed by atoms with E-state index in [0.29, 0.717) is 18.7 Å². The molecule has 0 radical (unpaired) electrons. The Balaban J connectivity index is 1.49. The van der Waals surface area contributed by atoms with Crippen LogP contribution in [0.5, 0.6) is 5.75 Å². The zero-order valence-corrected chi connectivity index (χ0v) is 14.7. The van der Waals surface area contributed by atoms with Crippen LogP contribution < -0.4 is 4.74 Å². The normalized spacial score (nSPS) is 10.8. The number of hydrogen-bond acceptors (Lipinski definition) is 2. The van der Waals surface area contributed by atoms with E-state index in [1.807, 2.05) is 60.8 Å². The zero-order valence-electron chi connectivity index (χ0n) is 14.7. The van der Waals surface area contributed by atoms with Gasteiger partial charge in [-0.2, -0.15) is 0 Å². The molecule has 3 aromatic carbocycles. The molecule has 0 aliphatic heterocycles. The van der Waals surface area contributed by atoms with Crippen LogP contribution in [0.2, 0.25) is 0 Å². The van der Waals surface area contributed by atoms with Crippen molar-refractivity contribution in [2.75, 3.05) is 0 Å². The van der Waals surface area contributed by atoms with Crippen LogP contribution in [0, 0.1) is 0 Å². The molecule has 27 heavy (non-hydrogen) atoms. The van der Waals surface area contributed by atoms with Gasteiger partial charge in [0.2, 0.25) is 0 Å². The summed E-state index contributed by atoms with van der Waals surface area (Å²) >= 11 is 0. The van der Waals surface area contributed by atoms with Crippen molar-refractivity contribution in [1.82, 2.24) is 4.57 Å². The first kappa shape index (κ1) is 16.9. The molecule has 0 aliphatic rings. The Labute approximate surface area is 157 Å². The second-order valence-electron chi connectivity index (χ2n) is 6.44. The number of aromatic carboxylic acids is 1. The highest BCUT2D eigenvalue weighted by Crippen LogP contribution is 2.23. The topological polar surface area (TPSA) is 51.5 Å². The van der Waals surface area contributed by atoms with Crippen molar-refractivity contribution in [3.8, 4) is 5.75 Å². The third-order valence-electron chi connectivity index (χ3n) is 4.54. The Morgan fingerprint density at radius 3 is 2.41 bits per heavy atom. The average Bonchev–Trinajstić information content (AvgIpc) is 3.09. The van der Waals surface area contributed by atoms with Crippen molar-refractivity contribution < 1.29 is 14.6 Å². The van der Waals surface area contributed by atoms with Crippen LogP contribution in [-0.4, -0.2) is 15.6 Å². The molecule has 4 aromatic rings. The van der Waals surface area contributed by atoms with E-state index in [1.165, 1.54) is 0 Å². The fourth-order valence-corrected chi connectivity index (χ4v) is 3.10. The molecule has 0 atom stereocenters. The highest BCUT2D eigenvalue weighted by atomic mass is 16.5. The van der Waals surface area contributed by atoms with E-state index in [0.717, 1.165) is 27.8 Å². The Hall–Kier alpha value is -3.53. The zero-order chi connectivity index (χ0) is 18.6. The Morgan fingerprint density at radius 1 is 0.889 bits per heavy atom. The molecule has 4 heteroatoms. The Morgan fingerprint density at radius 2 is 1.67 bits per heavy atom. The van der Waals surface area contributed by atoms with Gasteiger partial charge in [0, 0.05) is 23.6 Å². The van der Waals surface area contributed by atoms with E-state index in [9.17, 15) is 4.79 Å². The largest absolute Gasteiger partial charge is 0.489 e. The minimum absolute atomic E-state index is 0.302. The summed E-state index contributed by atoms with van der Waals surface area (Å²) in [6.07, 6.45) is 2.04. The molecule has 134 valence electrons. The summed E-state index contributed by atoms with van der Waals surface area (Å²) in [6.45, 7) is 1.23. The third kappa shape index (κ3) is 3.85. The number of hydrogen-bond donors (Lipinski definition) is 1. The van der Waals surface area contributed by atoms with E-state index >= 15 is 0 Å². The number of nitrogens with zero attached hydrogens (tertiary/aromatic N) is 1. The number of ether oxygens (including phenoxy) is 1. The predicted octanol–water partition coefficient (Wildman–Crippen LogP) is 4.97. The molecule has 0 saturated heterocycles. The van der Waals surface area contributed by atoms with E-state index in [-0.39, 0.29) is 0 Å². The molecular formula is C23H19NO3. The van der Waals surface area contributed by atoms with Gasteiger partial charge < -0.3 is 14.4 Å². The minimum Gasteiger partial charge on any atom is -0.489 e. The van der Waals surface area contributed by atoms with Gasteiger partial charge in [-0.1, -0.05) is 42.5 Å². The first-order valence-electron chi connectivity index (χ1n) is 8.77. The summed E-state index contributed by atoms with van der Waals surface area (Å²) in [5, 5.41) is 10.1. The number of rotatable bonds is 6. The highest BCUT2D eigenvalue weighted by Gasteiger charge is 2.06. The molecule has 0 amide bonds. The summed E-state index contributed by atoms with van der Waals surface area (Å²) in [5.74, 6) is -0.0640. The molecule has 1 heterocycles. The fraction of sp³-hybridized carbons (Fsp3) is 0.0870. The van der Waals surface area contributed by atoms with Gasteiger partial charge in [0.05, 0.1) is 5.56 Å². The monoisotopic (exact) mass is 357 g/mol. The van der Waals surface area contributed by atoms with Gasteiger partial charge in [-0.05, 0) is 47.5 Å². The smallest absolute Gasteiger partial charge is 0.335 e. The molecule has 1 aromatic heterocycles. The van der Waals surface area contributed by atoms with Gasteiger partial charge >= 0.3 is 5.97 Å². The van der Waals surface area contributed by atoms with Crippen LogP contribution in [-0.2, 0) is 13.2 Å². The van der Waals surface area contributed by atoms with Crippen molar-refractivity contribution in [3.05, 3.63) is 102 Å². The standard InChI is InChI=1S/C23H19NO3/c25-23(26)19-8-6-17(7-9-19)15-24-13-12-20-14-21(10-11-22(20)24)27-16-18-4-2-1-3-5-18/h1-14H,15-16H2,(H,25,26). The van der Waals surface area contributed by atoms with Crippen LogP contribution in [0.25, 0.3) is 10.9 Å². The molecular weight excluding hydrogens is 338 g/mol. The quantitative estimate of drug-likeness (QED) is 0.530. The summed E-state index contributed by atoms with van der Waals surface area (Å²) in [4.78, 5) is 11.0. The fourth-order valence-electron chi connectivity index (χ4n) is 3.10. The molecule has 0 fully saturated rings. The maximum absolute atomic E-state index is 11.0. The van der Waals surface area contributed by atoms with E-state index < -0.39 is 5.97 Å². The van der Waals surface area contributed by atoms with Crippen molar-refractivity contribution >= 4 is 16.9 Å². The lowest BCUT2D eigenvalue weighted by Crippen LogP contribution is -2.00. The maximum atomic E-state index is 11.0. The minimum atomic E-state index is -0.906. The van der Waals surface area contributed by atoms with Crippen LogP contribution >= 0.6 is 0 Å². The van der Waals surface area contributed by atoms with Crippen LogP contribution in [0.15, 0.2) is 85.1 Å². The van der Waals surface area contributed by atoms with Gasteiger partial charge in [-0.3, -0.25) is 0 Å². The Bertz CT molecular complexity index is 1070.